The Labute approximate surface area is 406 Å². The zero-order chi connectivity index (χ0) is 48.0. The number of aromatic nitrogens is 3. The average molecular weight is 1070 g/mol. The predicted octanol–water partition coefficient (Wildman–Crippen LogP) is 16.7. The Kier molecular flexibility index (Phi) is 12.8. The smallest absolute Gasteiger partial charge is 0.393 e. The molecule has 8 heteroatoms. The first-order valence-electron chi connectivity index (χ1n) is 23.2. The number of hydrogen-bond donors (Lipinski definition) is 0. The van der Waals surface area contributed by atoms with Gasteiger partial charge in [-0.15, -0.1) is 53.6 Å². The third-order valence-electron chi connectivity index (χ3n) is 12.0. The number of alkyl halides is 3. The van der Waals surface area contributed by atoms with Gasteiger partial charge in [0.25, 0.3) is 0 Å². The fourth-order valence-electron chi connectivity index (χ4n) is 8.37. The van der Waals surface area contributed by atoms with Crippen LogP contribution in [0.4, 0.5) is 13.2 Å². The van der Waals surface area contributed by atoms with Crippen molar-refractivity contribution in [3.8, 4) is 50.6 Å². The first kappa shape index (κ1) is 44.2. The summed E-state index contributed by atoms with van der Waals surface area (Å²) in [6, 6.07) is 60.7. The van der Waals surface area contributed by atoms with E-state index in [-0.39, 0.29) is 37.5 Å². The van der Waals surface area contributed by atoms with Gasteiger partial charge in [0.2, 0.25) is 0 Å². The van der Waals surface area contributed by atoms with Crippen LogP contribution in [0.2, 0.25) is 0 Å². The maximum absolute atomic E-state index is 13.1. The van der Waals surface area contributed by atoms with E-state index in [2.05, 4.69) is 165 Å². The summed E-state index contributed by atoms with van der Waals surface area (Å²) in [6.07, 6.45) is -5.62. The van der Waals surface area contributed by atoms with E-state index < -0.39 is 18.0 Å². The van der Waals surface area contributed by atoms with Crippen LogP contribution in [-0.2, 0) is 26.5 Å². The van der Waals surface area contributed by atoms with Crippen molar-refractivity contribution in [2.24, 2.45) is 5.41 Å². The van der Waals surface area contributed by atoms with Crippen LogP contribution in [0.5, 0.6) is 0 Å². The zero-order valence-corrected chi connectivity index (χ0v) is 40.4. The number of halogens is 3. The van der Waals surface area contributed by atoms with Crippen molar-refractivity contribution in [1.29, 1.82) is 0 Å². The number of pyridine rings is 1. The number of rotatable bonds is 9. The first-order valence-corrected chi connectivity index (χ1v) is 22.2. The van der Waals surface area contributed by atoms with Crippen LogP contribution >= 0.6 is 0 Å². The fraction of sp³-hybridized carbons (Fsp3) is 0.186. The van der Waals surface area contributed by atoms with Crippen LogP contribution in [0.3, 0.4) is 0 Å². The second-order valence-electron chi connectivity index (χ2n) is 17.7. The molecule has 0 amide bonds. The van der Waals surface area contributed by atoms with Gasteiger partial charge in [0.15, 0.2) is 0 Å². The van der Waals surface area contributed by atoms with Crippen molar-refractivity contribution in [2.45, 2.75) is 65.9 Å². The normalized spacial score (nSPS) is 12.5. The third-order valence-corrected chi connectivity index (χ3v) is 12.0. The molecule has 3 heterocycles. The molecule has 0 saturated heterocycles. The average Bonchev–Trinajstić information content (AvgIpc) is 3.92. The van der Waals surface area contributed by atoms with Gasteiger partial charge in [-0.1, -0.05) is 150 Å². The molecule has 0 bridgehead atoms. The molecule has 0 fully saturated rings. The molecule has 67 heavy (non-hydrogen) atoms. The van der Waals surface area contributed by atoms with Gasteiger partial charge in [0.05, 0.1) is 27.9 Å². The number of fused-ring (bicyclic) bond motifs is 4. The van der Waals surface area contributed by atoms with Gasteiger partial charge in [-0.05, 0) is 93.7 Å². The Morgan fingerprint density at radius 1 is 0.672 bits per heavy atom. The van der Waals surface area contributed by atoms with Crippen molar-refractivity contribution in [3.05, 3.63) is 199 Å². The minimum Gasteiger partial charge on any atom is -0.501 e. The summed E-state index contributed by atoms with van der Waals surface area (Å²) in [5, 5.41) is 2.15. The SMILES string of the molecule is CC(C)c1cc(-c2ccccc2)cc(C(C)C)c1-n1c(-c2[c-]ccc3c2oc2cc(-c4ccccc4)ccc23)nc2ccccc21.[2H]C([2H])(c1c[c-]c(-c2ccccn2)cc1)C(C)(C)C(F)(F)F.[Ir]. The van der Waals surface area contributed by atoms with E-state index in [4.69, 9.17) is 12.1 Å². The van der Waals surface area contributed by atoms with Crippen molar-refractivity contribution in [3.63, 3.8) is 0 Å². The van der Waals surface area contributed by atoms with Gasteiger partial charge in [0.1, 0.15) is 5.58 Å². The topological polar surface area (TPSA) is 43.9 Å². The number of benzene rings is 7. The van der Waals surface area contributed by atoms with Crippen LogP contribution in [0.25, 0.3) is 83.6 Å². The van der Waals surface area contributed by atoms with Crippen LogP contribution in [0, 0.1) is 17.5 Å². The Hall–Kier alpha value is -6.60. The largest absolute Gasteiger partial charge is 0.501 e. The van der Waals surface area contributed by atoms with E-state index in [9.17, 15) is 13.2 Å². The number of hydrogen-bond acceptors (Lipinski definition) is 3. The van der Waals surface area contributed by atoms with E-state index in [0.717, 1.165) is 63.8 Å². The molecule has 3 aromatic heterocycles. The van der Waals surface area contributed by atoms with Gasteiger partial charge in [-0.3, -0.25) is 4.98 Å². The summed E-state index contributed by atoms with van der Waals surface area (Å²) in [4.78, 5) is 9.42. The Morgan fingerprint density at radius 2 is 1.31 bits per heavy atom. The van der Waals surface area contributed by atoms with Gasteiger partial charge in [-0.2, -0.15) is 13.2 Å². The van der Waals surface area contributed by atoms with Gasteiger partial charge in [-0.25, -0.2) is 0 Å². The predicted molar refractivity (Wildman–Crippen MR) is 264 cm³/mol. The second-order valence-corrected chi connectivity index (χ2v) is 17.7. The molecule has 0 saturated carbocycles. The van der Waals surface area contributed by atoms with Gasteiger partial charge in [0, 0.05) is 40.1 Å². The number of nitrogens with zero attached hydrogens (tertiary/aromatic N) is 3. The van der Waals surface area contributed by atoms with Gasteiger partial charge >= 0.3 is 6.18 Å². The molecule has 0 aliphatic rings. The summed E-state index contributed by atoms with van der Waals surface area (Å²) in [5.74, 6) is 1.41. The molecular formula is C59H50F3IrN3O-2. The van der Waals surface area contributed by atoms with E-state index in [0.29, 0.717) is 11.3 Å². The van der Waals surface area contributed by atoms with E-state index in [1.54, 1.807) is 24.4 Å². The Bertz CT molecular complexity index is 3350. The molecule has 0 atom stereocenters. The molecular weight excluding hydrogens is 1020 g/mol. The summed E-state index contributed by atoms with van der Waals surface area (Å²) in [6.45, 7) is 10.9. The van der Waals surface area contributed by atoms with E-state index in [1.165, 1.54) is 51.7 Å². The molecule has 0 unspecified atom stereocenters. The van der Waals surface area contributed by atoms with Crippen molar-refractivity contribution >= 4 is 33.0 Å². The summed E-state index contributed by atoms with van der Waals surface area (Å²) >= 11 is 0. The minimum atomic E-state index is -4.66. The molecule has 7 aromatic carbocycles. The molecule has 0 aliphatic heterocycles. The number of imidazole rings is 1. The maximum atomic E-state index is 13.1. The first-order chi connectivity index (χ1) is 32.5. The number of furan rings is 1. The van der Waals surface area contributed by atoms with E-state index in [1.807, 2.05) is 12.1 Å². The van der Waals surface area contributed by atoms with Crippen molar-refractivity contribution < 1.29 is 40.4 Å². The molecule has 339 valence electrons. The zero-order valence-electron chi connectivity index (χ0n) is 40.0. The molecule has 10 aromatic rings. The third kappa shape index (κ3) is 9.52. The summed E-state index contributed by atoms with van der Waals surface area (Å²) < 4.78 is 64.2. The molecule has 0 aliphatic carbocycles. The van der Waals surface area contributed by atoms with Crippen LogP contribution in [-0.4, -0.2) is 20.7 Å². The second kappa shape index (κ2) is 19.3. The quantitative estimate of drug-likeness (QED) is 0.135. The fourth-order valence-corrected chi connectivity index (χ4v) is 8.37. The monoisotopic (exact) mass is 1070 g/mol. The minimum absolute atomic E-state index is 0. The van der Waals surface area contributed by atoms with Gasteiger partial charge < -0.3 is 14.0 Å². The summed E-state index contributed by atoms with van der Waals surface area (Å²) in [5.41, 5.74) is 11.7. The maximum Gasteiger partial charge on any atom is 0.393 e. The standard InChI is InChI=1S/C43H35N2O.C16H15F3N.Ir/c1-27(2)36-24-32(30-16-9-6-10-17-30)25-37(28(3)4)41(36)45-39-21-12-11-20-38(39)44-43(45)35-19-13-18-34-33-23-22-31(26-40(33)46-42(34)35)29-14-7-5-8-15-29;1-15(2,16(17,18)19)11-12-6-8-13(9-7-12)14-5-3-4-10-20-14;/h5-18,20-28H,1-4H3;3-8,10H,11H2,1-2H3;/q2*-1;/i;11D2;. The molecule has 0 spiro atoms. The number of para-hydroxylation sites is 2. The van der Waals surface area contributed by atoms with Crippen LogP contribution in [0.15, 0.2) is 174 Å². The van der Waals surface area contributed by atoms with Crippen LogP contribution in [0.1, 0.15) is 72.8 Å². The Morgan fingerprint density at radius 3 is 1.93 bits per heavy atom. The molecule has 0 N–H and O–H groups in total. The molecule has 10 rings (SSSR count). The van der Waals surface area contributed by atoms with E-state index >= 15 is 0 Å². The molecule has 4 nitrogen and oxygen atoms in total. The van der Waals surface area contributed by atoms with Crippen molar-refractivity contribution in [1.82, 2.24) is 14.5 Å². The van der Waals surface area contributed by atoms with Crippen molar-refractivity contribution in [2.75, 3.05) is 0 Å². The molecule has 1 radical (unpaired) electrons. The Balaban J connectivity index is 0.000000236. The summed E-state index contributed by atoms with van der Waals surface area (Å²) in [7, 11) is 0. The van der Waals surface area contributed by atoms with Crippen LogP contribution < -0.4 is 0 Å².